The standard InChI is InChI=1S/C22H28N4O3/c1-24(15-21(27)28)17-8-5-12-25(13-11-17)22(29)20-14-19(16-9-10-16)23-26(20)18-6-3-2-4-7-18/h2-4,6-7,14,16-17H,5,8-13,15H2,1H3,(H,27,28). The predicted octanol–water partition coefficient (Wildman–Crippen LogP) is 2.76. The average Bonchev–Trinajstić information content (AvgIpc) is 3.50. The highest BCUT2D eigenvalue weighted by atomic mass is 16.4. The molecular weight excluding hydrogens is 368 g/mol. The number of carboxylic acid groups (broad SMARTS) is 1. The van der Waals surface area contributed by atoms with Gasteiger partial charge in [0.1, 0.15) is 5.69 Å². The fraction of sp³-hybridized carbons (Fsp3) is 0.500. The van der Waals surface area contributed by atoms with Crippen LogP contribution in [0.4, 0.5) is 0 Å². The first-order valence-corrected chi connectivity index (χ1v) is 10.4. The van der Waals surface area contributed by atoms with Gasteiger partial charge in [-0.25, -0.2) is 4.68 Å². The van der Waals surface area contributed by atoms with E-state index < -0.39 is 5.97 Å². The number of carbonyl (C=O) groups is 2. The fourth-order valence-electron chi connectivity index (χ4n) is 4.12. The van der Waals surface area contributed by atoms with E-state index in [1.807, 2.05) is 53.2 Å². The van der Waals surface area contributed by atoms with Gasteiger partial charge in [-0.15, -0.1) is 0 Å². The Bertz CT molecular complexity index is 875. The quantitative estimate of drug-likeness (QED) is 0.812. The lowest BCUT2D eigenvalue weighted by atomic mass is 10.1. The SMILES string of the molecule is CN(CC(=O)O)C1CCCN(C(=O)c2cc(C3CC3)nn2-c2ccccc2)CC1. The van der Waals surface area contributed by atoms with Gasteiger partial charge in [-0.2, -0.15) is 5.10 Å². The number of rotatable bonds is 6. The van der Waals surface area contributed by atoms with Crippen molar-refractivity contribution in [2.75, 3.05) is 26.7 Å². The minimum Gasteiger partial charge on any atom is -0.480 e. The third-order valence-corrected chi connectivity index (χ3v) is 5.94. The second kappa shape index (κ2) is 8.37. The highest BCUT2D eigenvalue weighted by Gasteiger charge is 2.31. The van der Waals surface area contributed by atoms with E-state index in [2.05, 4.69) is 0 Å². The highest BCUT2D eigenvalue weighted by molar-refractivity contribution is 5.93. The predicted molar refractivity (Wildman–Crippen MR) is 109 cm³/mol. The van der Waals surface area contributed by atoms with Crippen LogP contribution in [-0.2, 0) is 4.79 Å². The van der Waals surface area contributed by atoms with Gasteiger partial charge in [0.15, 0.2) is 0 Å². The van der Waals surface area contributed by atoms with Crippen molar-refractivity contribution in [3.63, 3.8) is 0 Å². The maximum absolute atomic E-state index is 13.4. The minimum atomic E-state index is -0.816. The molecule has 1 aromatic heterocycles. The monoisotopic (exact) mass is 396 g/mol. The number of nitrogens with zero attached hydrogens (tertiary/aromatic N) is 4. The van der Waals surface area contributed by atoms with Gasteiger partial charge in [0, 0.05) is 25.0 Å². The Hall–Kier alpha value is -2.67. The van der Waals surface area contributed by atoms with Crippen molar-refractivity contribution < 1.29 is 14.7 Å². The normalized spacial score (nSPS) is 19.9. The summed E-state index contributed by atoms with van der Waals surface area (Å²) in [6.45, 7) is 1.35. The van der Waals surface area contributed by atoms with Gasteiger partial charge in [0.2, 0.25) is 0 Å². The van der Waals surface area contributed by atoms with E-state index >= 15 is 0 Å². The summed E-state index contributed by atoms with van der Waals surface area (Å²) in [6, 6.07) is 12.0. The number of benzene rings is 1. The van der Waals surface area contributed by atoms with Gasteiger partial charge in [-0.05, 0) is 57.4 Å². The van der Waals surface area contributed by atoms with Crippen LogP contribution in [-0.4, -0.2) is 69.3 Å². The third-order valence-electron chi connectivity index (χ3n) is 5.94. The number of amides is 1. The van der Waals surface area contributed by atoms with Crippen LogP contribution in [0.15, 0.2) is 36.4 Å². The highest BCUT2D eigenvalue weighted by Crippen LogP contribution is 2.40. The molecule has 1 aromatic carbocycles. The van der Waals surface area contributed by atoms with Crippen molar-refractivity contribution >= 4 is 11.9 Å². The number of aliphatic carboxylic acids is 1. The van der Waals surface area contributed by atoms with Crippen molar-refractivity contribution in [3.8, 4) is 5.69 Å². The lowest BCUT2D eigenvalue weighted by Gasteiger charge is -2.25. The molecular formula is C22H28N4O3. The Morgan fingerprint density at radius 3 is 2.59 bits per heavy atom. The Balaban J connectivity index is 1.53. The first kappa shape index (κ1) is 19.6. The van der Waals surface area contributed by atoms with Crippen LogP contribution in [0.5, 0.6) is 0 Å². The summed E-state index contributed by atoms with van der Waals surface area (Å²) in [4.78, 5) is 28.2. The molecule has 1 amide bonds. The molecule has 2 aromatic rings. The minimum absolute atomic E-state index is 0.00907. The zero-order valence-corrected chi connectivity index (χ0v) is 16.8. The van der Waals surface area contributed by atoms with E-state index in [-0.39, 0.29) is 18.5 Å². The number of hydrogen-bond acceptors (Lipinski definition) is 4. The smallest absolute Gasteiger partial charge is 0.317 e. The molecule has 7 nitrogen and oxygen atoms in total. The molecule has 1 aliphatic heterocycles. The average molecular weight is 396 g/mol. The molecule has 1 N–H and O–H groups in total. The summed E-state index contributed by atoms with van der Waals surface area (Å²) in [7, 11) is 1.85. The molecule has 0 spiro atoms. The molecule has 4 rings (SSSR count). The first-order valence-electron chi connectivity index (χ1n) is 10.4. The fourth-order valence-corrected chi connectivity index (χ4v) is 4.12. The first-order chi connectivity index (χ1) is 14.0. The number of aromatic nitrogens is 2. The third kappa shape index (κ3) is 4.50. The van der Waals surface area contributed by atoms with Crippen molar-refractivity contribution in [2.45, 2.75) is 44.1 Å². The van der Waals surface area contributed by atoms with Crippen LogP contribution in [0.25, 0.3) is 5.69 Å². The Labute approximate surface area is 170 Å². The zero-order valence-electron chi connectivity index (χ0n) is 16.8. The summed E-state index contributed by atoms with van der Waals surface area (Å²) >= 11 is 0. The number of likely N-dealkylation sites (tertiary alicyclic amines) is 1. The molecule has 1 aliphatic carbocycles. The number of hydrogen-bond donors (Lipinski definition) is 1. The summed E-state index contributed by atoms with van der Waals surface area (Å²) < 4.78 is 1.79. The molecule has 0 radical (unpaired) electrons. The van der Waals surface area contributed by atoms with Gasteiger partial charge < -0.3 is 10.0 Å². The number of carboxylic acids is 1. The van der Waals surface area contributed by atoms with Crippen molar-refractivity contribution in [1.29, 1.82) is 0 Å². The molecule has 1 saturated carbocycles. The molecule has 1 saturated heterocycles. The number of para-hydroxylation sites is 1. The molecule has 2 heterocycles. The summed E-state index contributed by atoms with van der Waals surface area (Å²) in [6.07, 6.45) is 4.83. The number of likely N-dealkylation sites (N-methyl/N-ethyl adjacent to an activating group) is 1. The second-order valence-electron chi connectivity index (χ2n) is 8.16. The molecule has 1 unspecified atom stereocenters. The van der Waals surface area contributed by atoms with Gasteiger partial charge in [-0.1, -0.05) is 18.2 Å². The largest absolute Gasteiger partial charge is 0.480 e. The van der Waals surface area contributed by atoms with Gasteiger partial charge in [0.05, 0.1) is 17.9 Å². The van der Waals surface area contributed by atoms with E-state index in [1.54, 1.807) is 4.68 Å². The summed E-state index contributed by atoms with van der Waals surface area (Å²) in [5.74, 6) is -0.330. The lowest BCUT2D eigenvalue weighted by molar-refractivity contribution is -0.138. The van der Waals surface area contributed by atoms with Crippen LogP contribution in [0.3, 0.4) is 0 Å². The van der Waals surface area contributed by atoms with E-state index in [0.717, 1.165) is 43.5 Å². The van der Waals surface area contributed by atoms with Crippen LogP contribution < -0.4 is 0 Å². The molecule has 1 atom stereocenters. The molecule has 2 aliphatic rings. The van der Waals surface area contributed by atoms with E-state index in [0.29, 0.717) is 24.7 Å². The van der Waals surface area contributed by atoms with E-state index in [1.165, 1.54) is 0 Å². The molecule has 154 valence electrons. The van der Waals surface area contributed by atoms with Crippen LogP contribution in [0, 0.1) is 0 Å². The van der Waals surface area contributed by atoms with Crippen molar-refractivity contribution in [2.24, 2.45) is 0 Å². The van der Waals surface area contributed by atoms with E-state index in [4.69, 9.17) is 10.2 Å². The van der Waals surface area contributed by atoms with Gasteiger partial charge in [-0.3, -0.25) is 14.5 Å². The number of carbonyl (C=O) groups excluding carboxylic acids is 1. The van der Waals surface area contributed by atoms with Crippen molar-refractivity contribution in [1.82, 2.24) is 19.6 Å². The Morgan fingerprint density at radius 2 is 1.90 bits per heavy atom. The maximum Gasteiger partial charge on any atom is 0.317 e. The molecule has 2 fully saturated rings. The van der Waals surface area contributed by atoms with Gasteiger partial charge >= 0.3 is 5.97 Å². The Kier molecular flexibility index (Phi) is 5.67. The second-order valence-corrected chi connectivity index (χ2v) is 8.16. The van der Waals surface area contributed by atoms with E-state index in [9.17, 15) is 9.59 Å². The molecule has 7 heteroatoms. The Morgan fingerprint density at radius 1 is 1.14 bits per heavy atom. The summed E-state index contributed by atoms with van der Waals surface area (Å²) in [5.41, 5.74) is 2.53. The zero-order chi connectivity index (χ0) is 20.4. The van der Waals surface area contributed by atoms with Crippen LogP contribution >= 0.6 is 0 Å². The van der Waals surface area contributed by atoms with Crippen molar-refractivity contribution in [3.05, 3.63) is 47.8 Å². The molecule has 29 heavy (non-hydrogen) atoms. The van der Waals surface area contributed by atoms with Gasteiger partial charge in [0.25, 0.3) is 5.91 Å². The molecule has 0 bridgehead atoms. The topological polar surface area (TPSA) is 78.7 Å². The maximum atomic E-state index is 13.4. The lowest BCUT2D eigenvalue weighted by Crippen LogP contribution is -2.37. The summed E-state index contributed by atoms with van der Waals surface area (Å²) in [5, 5.41) is 13.8. The van der Waals surface area contributed by atoms with Crippen LogP contribution in [0.1, 0.15) is 54.2 Å². The van der Waals surface area contributed by atoms with Crippen LogP contribution in [0.2, 0.25) is 0 Å².